The minimum atomic E-state index is -1.81. The maximum Gasteiger partial charge on any atom is 0.335 e. The van der Waals surface area contributed by atoms with Crippen LogP contribution in [0, 0.1) is 0 Å². The minimum absolute atomic E-state index is 0. The third-order valence-corrected chi connectivity index (χ3v) is 1.33. The van der Waals surface area contributed by atoms with Crippen molar-refractivity contribution in [2.75, 3.05) is 0 Å². The Balaban J connectivity index is -0.000000221. The van der Waals surface area contributed by atoms with Gasteiger partial charge in [-0.3, -0.25) is 0 Å². The van der Waals surface area contributed by atoms with Crippen LogP contribution in [0.4, 0.5) is 0 Å². The van der Waals surface area contributed by atoms with Crippen LogP contribution in [0.3, 0.4) is 0 Å². The van der Waals surface area contributed by atoms with E-state index in [0.29, 0.717) is 5.56 Å². The monoisotopic (exact) mass is 249 g/mol. The molecular weight excluding hydrogens is 230 g/mol. The Bertz CT molecular complexity index is 286. The van der Waals surface area contributed by atoms with Crippen molar-refractivity contribution >= 4 is 5.97 Å². The summed E-state index contributed by atoms with van der Waals surface area (Å²) in [7, 11) is 0. The van der Waals surface area contributed by atoms with E-state index in [1.54, 1.807) is 30.3 Å². The second-order valence-corrected chi connectivity index (χ2v) is 2.58. The Labute approximate surface area is 98.5 Å². The van der Waals surface area contributed by atoms with Gasteiger partial charge in [0.25, 0.3) is 0 Å². The van der Waals surface area contributed by atoms with E-state index in [2.05, 4.69) is 5.73 Å². The lowest BCUT2D eigenvalue weighted by Crippen LogP contribution is -2.33. The first-order chi connectivity index (χ1) is 6.95. The van der Waals surface area contributed by atoms with E-state index in [0.717, 1.165) is 0 Å². The van der Waals surface area contributed by atoms with Crippen LogP contribution in [0.1, 0.15) is 10.4 Å². The maximum absolute atomic E-state index is 10.2. The van der Waals surface area contributed by atoms with Gasteiger partial charge < -0.3 is 38.5 Å². The Morgan fingerprint density at radius 2 is 1.41 bits per heavy atom. The van der Waals surface area contributed by atoms with Crippen molar-refractivity contribution in [3.63, 3.8) is 0 Å². The van der Waals surface area contributed by atoms with Crippen LogP contribution in [-0.2, 0) is 0 Å². The van der Waals surface area contributed by atoms with Crippen LogP contribution in [0.2, 0.25) is 0 Å². The number of hydrogen-bond acceptors (Lipinski definition) is 7. The molecule has 0 spiro atoms. The molecule has 0 aromatic heterocycles. The zero-order chi connectivity index (χ0) is 11.8. The highest BCUT2D eigenvalue weighted by Gasteiger charge is 2.02. The number of hydrogen-bond donors (Lipinski definition) is 7. The molecule has 0 aliphatic rings. The standard InChI is InChI=1S/C7H6O2.C2H7NO3.2H3N/c8-7(9)6-4-2-1-3-5-6;3-1(4)2(5)6;;/h1-5H,(H,8,9);1-2,4-6H,3H2;2*1H3. The Morgan fingerprint density at radius 1 is 1.06 bits per heavy atom. The van der Waals surface area contributed by atoms with Gasteiger partial charge in [-0.05, 0) is 12.1 Å². The normalized spacial score (nSPS) is 10.2. The molecule has 0 saturated carbocycles. The summed E-state index contributed by atoms with van der Waals surface area (Å²) < 4.78 is 0. The molecule has 1 aromatic carbocycles. The molecule has 0 heterocycles. The molecule has 100 valence electrons. The molecule has 0 bridgehead atoms. The molecule has 8 nitrogen and oxygen atoms in total. The number of rotatable bonds is 2. The zero-order valence-corrected chi connectivity index (χ0v) is 9.23. The molecule has 8 heteroatoms. The summed E-state index contributed by atoms with van der Waals surface area (Å²) >= 11 is 0. The number of carboxylic acids is 1. The topological polar surface area (TPSA) is 194 Å². The zero-order valence-electron chi connectivity index (χ0n) is 9.23. The summed E-state index contributed by atoms with van der Waals surface area (Å²) in [6, 6.07) is 8.30. The van der Waals surface area contributed by atoms with Gasteiger partial charge in [-0.1, -0.05) is 18.2 Å². The number of aromatic carboxylic acids is 1. The fourth-order valence-electron chi connectivity index (χ4n) is 0.581. The molecule has 0 aliphatic heterocycles. The SMILES string of the molecule is N.N.NC(O)C(O)O.O=C(O)c1ccccc1. The molecule has 1 rings (SSSR count). The summed E-state index contributed by atoms with van der Waals surface area (Å²) in [4.78, 5) is 10.2. The summed E-state index contributed by atoms with van der Waals surface area (Å²) in [6.07, 6.45) is -3.35. The van der Waals surface area contributed by atoms with Crippen LogP contribution in [0.15, 0.2) is 30.3 Å². The van der Waals surface area contributed by atoms with E-state index < -0.39 is 18.5 Å². The van der Waals surface area contributed by atoms with Gasteiger partial charge in [0, 0.05) is 0 Å². The van der Waals surface area contributed by atoms with E-state index in [-0.39, 0.29) is 12.3 Å². The fraction of sp³-hybridized carbons (Fsp3) is 0.222. The Kier molecular flexibility index (Phi) is 13.4. The van der Waals surface area contributed by atoms with Gasteiger partial charge in [0.15, 0.2) is 12.5 Å². The van der Waals surface area contributed by atoms with Crippen LogP contribution >= 0.6 is 0 Å². The molecular formula is C9H19N3O5. The smallest absolute Gasteiger partial charge is 0.335 e. The van der Waals surface area contributed by atoms with E-state index in [1.807, 2.05) is 0 Å². The first-order valence-corrected chi connectivity index (χ1v) is 4.03. The lowest BCUT2D eigenvalue weighted by Gasteiger charge is -2.02. The molecule has 12 N–H and O–H groups in total. The number of nitrogens with two attached hydrogens (primary N) is 1. The highest BCUT2D eigenvalue weighted by molar-refractivity contribution is 5.87. The first kappa shape index (κ1) is 20.8. The summed E-state index contributed by atoms with van der Waals surface area (Å²) in [5, 5.41) is 31.9. The summed E-state index contributed by atoms with van der Waals surface area (Å²) in [6.45, 7) is 0. The molecule has 0 radical (unpaired) electrons. The summed E-state index contributed by atoms with van der Waals surface area (Å²) in [5.74, 6) is -0.879. The van der Waals surface area contributed by atoms with Crippen molar-refractivity contribution in [2.24, 2.45) is 5.73 Å². The molecule has 0 aliphatic carbocycles. The van der Waals surface area contributed by atoms with Gasteiger partial charge >= 0.3 is 5.97 Å². The van der Waals surface area contributed by atoms with Crippen molar-refractivity contribution in [3.8, 4) is 0 Å². The minimum Gasteiger partial charge on any atom is -0.478 e. The van der Waals surface area contributed by atoms with Crippen LogP contribution < -0.4 is 18.0 Å². The second-order valence-electron chi connectivity index (χ2n) is 2.58. The molecule has 0 amide bonds. The van der Waals surface area contributed by atoms with Gasteiger partial charge in [0.2, 0.25) is 0 Å². The van der Waals surface area contributed by atoms with Gasteiger partial charge in [0.1, 0.15) is 0 Å². The van der Waals surface area contributed by atoms with Gasteiger partial charge in [-0.2, -0.15) is 0 Å². The maximum atomic E-state index is 10.2. The fourth-order valence-corrected chi connectivity index (χ4v) is 0.581. The largest absolute Gasteiger partial charge is 0.478 e. The Morgan fingerprint density at radius 3 is 1.59 bits per heavy atom. The van der Waals surface area contributed by atoms with Gasteiger partial charge in [-0.15, -0.1) is 0 Å². The number of benzene rings is 1. The molecule has 1 unspecified atom stereocenters. The first-order valence-electron chi connectivity index (χ1n) is 4.03. The molecule has 1 aromatic rings. The predicted octanol–water partition coefficient (Wildman–Crippen LogP) is -0.717. The van der Waals surface area contributed by atoms with E-state index in [4.69, 9.17) is 20.4 Å². The van der Waals surface area contributed by atoms with E-state index in [1.165, 1.54) is 0 Å². The van der Waals surface area contributed by atoms with Crippen molar-refractivity contribution in [1.82, 2.24) is 12.3 Å². The third-order valence-electron chi connectivity index (χ3n) is 1.33. The quantitative estimate of drug-likeness (QED) is 0.333. The number of carbonyl (C=O) groups is 1. The predicted molar refractivity (Wildman–Crippen MR) is 61.9 cm³/mol. The molecule has 17 heavy (non-hydrogen) atoms. The van der Waals surface area contributed by atoms with Crippen LogP contribution in [-0.4, -0.2) is 38.9 Å². The second kappa shape index (κ2) is 11.0. The van der Waals surface area contributed by atoms with Crippen molar-refractivity contribution in [3.05, 3.63) is 35.9 Å². The average molecular weight is 249 g/mol. The van der Waals surface area contributed by atoms with Crippen LogP contribution in [0.5, 0.6) is 0 Å². The van der Waals surface area contributed by atoms with Crippen molar-refractivity contribution in [1.29, 1.82) is 0 Å². The highest BCUT2D eigenvalue weighted by Crippen LogP contribution is 1.96. The highest BCUT2D eigenvalue weighted by atomic mass is 16.5. The van der Waals surface area contributed by atoms with E-state index >= 15 is 0 Å². The average Bonchev–Trinajstić information content (AvgIpc) is 2.20. The van der Waals surface area contributed by atoms with Gasteiger partial charge in [-0.25, -0.2) is 4.79 Å². The van der Waals surface area contributed by atoms with E-state index in [9.17, 15) is 4.79 Å². The summed E-state index contributed by atoms with van der Waals surface area (Å²) in [5.41, 5.74) is 4.82. The van der Waals surface area contributed by atoms with Crippen molar-refractivity contribution < 1.29 is 25.2 Å². The molecule has 0 saturated heterocycles. The number of aliphatic hydroxyl groups is 3. The lowest BCUT2D eigenvalue weighted by molar-refractivity contribution is -0.119. The number of aliphatic hydroxyl groups excluding tert-OH is 2. The molecule has 0 fully saturated rings. The van der Waals surface area contributed by atoms with Crippen molar-refractivity contribution in [2.45, 2.75) is 12.5 Å². The van der Waals surface area contributed by atoms with Crippen LogP contribution in [0.25, 0.3) is 0 Å². The third kappa shape index (κ3) is 10.7. The lowest BCUT2D eigenvalue weighted by atomic mass is 10.2. The number of carboxylic acid groups (broad SMARTS) is 1. The Hall–Kier alpha value is -1.55. The molecule has 1 atom stereocenters. The van der Waals surface area contributed by atoms with Gasteiger partial charge in [0.05, 0.1) is 5.56 Å².